The van der Waals surface area contributed by atoms with Crippen molar-refractivity contribution in [2.45, 2.75) is 44.9 Å². The van der Waals surface area contributed by atoms with Gasteiger partial charge >= 0.3 is 0 Å². The minimum atomic E-state index is -3.56. The summed E-state index contributed by atoms with van der Waals surface area (Å²) < 4.78 is 27.1. The van der Waals surface area contributed by atoms with Crippen LogP contribution in [0.1, 0.15) is 49.0 Å². The number of carbonyl (C=O) groups excluding carboxylic acids is 2. The molecule has 0 unspecified atom stereocenters. The van der Waals surface area contributed by atoms with Gasteiger partial charge in [-0.05, 0) is 56.0 Å². The van der Waals surface area contributed by atoms with Crippen molar-refractivity contribution in [3.8, 4) is 0 Å². The van der Waals surface area contributed by atoms with Gasteiger partial charge in [0.15, 0.2) is 0 Å². The Morgan fingerprint density at radius 2 is 1.76 bits per heavy atom. The van der Waals surface area contributed by atoms with Gasteiger partial charge in [0.2, 0.25) is 15.9 Å². The molecule has 0 aliphatic carbocycles. The van der Waals surface area contributed by atoms with Crippen molar-refractivity contribution in [2.24, 2.45) is 5.92 Å². The zero-order valence-corrected chi connectivity index (χ0v) is 21.5. The molecular weight excluding hydrogens is 497 g/mol. The lowest BCUT2D eigenvalue weighted by atomic mass is 9.97. The largest absolute Gasteiger partial charge is 0.350 e. The highest BCUT2D eigenvalue weighted by Gasteiger charge is 2.31. The van der Waals surface area contributed by atoms with Crippen LogP contribution in [0.25, 0.3) is 0 Å². The molecular formula is C24H29Cl2N3O4S. The first-order chi connectivity index (χ1) is 16.1. The normalized spacial score (nSPS) is 16.1. The third-order valence-electron chi connectivity index (χ3n) is 5.97. The van der Waals surface area contributed by atoms with Gasteiger partial charge in [0.1, 0.15) is 0 Å². The maximum Gasteiger partial charge on any atom is 0.253 e. The first-order valence-electron chi connectivity index (χ1n) is 11.2. The average molecular weight is 526 g/mol. The van der Waals surface area contributed by atoms with Gasteiger partial charge in [0, 0.05) is 25.0 Å². The fraction of sp³-hybridized carbons (Fsp3) is 0.417. The van der Waals surface area contributed by atoms with Gasteiger partial charge in [-0.3, -0.25) is 9.59 Å². The van der Waals surface area contributed by atoms with Gasteiger partial charge in [-0.15, -0.1) is 0 Å². The van der Waals surface area contributed by atoms with Gasteiger partial charge in [-0.25, -0.2) is 12.7 Å². The topological polar surface area (TPSA) is 95.6 Å². The van der Waals surface area contributed by atoms with E-state index in [0.29, 0.717) is 39.7 Å². The fourth-order valence-corrected chi connectivity index (χ4v) is 5.63. The molecule has 0 saturated carbocycles. The standard InChI is InChI=1S/C24H29Cl2N3O4S/c1-3-16(2)27-24(31)19-6-4-5-7-22(19)28-23(30)18-10-12-29(13-11-18)34(32,33)15-17-8-9-20(25)21(26)14-17/h4-9,14,16,18H,3,10-13,15H2,1-2H3,(H,27,31)(H,28,30)/t16-/m0/s1. The molecule has 1 heterocycles. The number of hydrogen-bond acceptors (Lipinski definition) is 4. The molecule has 2 aromatic rings. The Labute approximate surface area is 210 Å². The molecule has 0 spiro atoms. The Hall–Kier alpha value is -2.13. The number of rotatable bonds is 8. The predicted molar refractivity (Wildman–Crippen MR) is 136 cm³/mol. The van der Waals surface area contributed by atoms with Crippen LogP contribution < -0.4 is 10.6 Å². The maximum atomic E-state index is 12.9. The second kappa shape index (κ2) is 11.5. The van der Waals surface area contributed by atoms with Gasteiger partial charge in [0.25, 0.3) is 5.91 Å². The number of sulfonamides is 1. The van der Waals surface area contributed by atoms with Gasteiger partial charge in [-0.1, -0.05) is 48.3 Å². The first-order valence-corrected chi connectivity index (χ1v) is 13.6. The number of benzene rings is 2. The van der Waals surface area contributed by atoms with E-state index in [1.54, 1.807) is 42.5 Å². The molecule has 3 rings (SSSR count). The Bertz CT molecular complexity index is 1150. The number of halogens is 2. The number of nitrogens with zero attached hydrogens (tertiary/aromatic N) is 1. The Balaban J connectivity index is 1.60. The molecule has 7 nitrogen and oxygen atoms in total. The van der Waals surface area contributed by atoms with Crippen molar-refractivity contribution in [3.05, 3.63) is 63.6 Å². The molecule has 2 N–H and O–H groups in total. The minimum absolute atomic E-state index is 0.0198. The van der Waals surface area contributed by atoms with Crippen LogP contribution in [-0.2, 0) is 20.6 Å². The van der Waals surface area contributed by atoms with Crippen molar-refractivity contribution in [3.63, 3.8) is 0 Å². The van der Waals surface area contributed by atoms with E-state index in [1.165, 1.54) is 4.31 Å². The summed E-state index contributed by atoms with van der Waals surface area (Å²) in [5.74, 6) is -0.986. The number of piperidine rings is 1. The molecule has 184 valence electrons. The van der Waals surface area contributed by atoms with E-state index in [1.807, 2.05) is 13.8 Å². The highest BCUT2D eigenvalue weighted by Crippen LogP contribution is 2.27. The number of carbonyl (C=O) groups is 2. The molecule has 1 aliphatic heterocycles. The van der Waals surface area contributed by atoms with Crippen LogP contribution in [0.5, 0.6) is 0 Å². The lowest BCUT2D eigenvalue weighted by molar-refractivity contribution is -0.120. The summed E-state index contributed by atoms with van der Waals surface area (Å²) in [6, 6.07) is 11.7. The molecule has 2 aromatic carbocycles. The van der Waals surface area contributed by atoms with E-state index < -0.39 is 10.0 Å². The van der Waals surface area contributed by atoms with E-state index >= 15 is 0 Å². The van der Waals surface area contributed by atoms with Crippen LogP contribution in [0.2, 0.25) is 10.0 Å². The Morgan fingerprint density at radius 1 is 1.09 bits per heavy atom. The summed E-state index contributed by atoms with van der Waals surface area (Å²) in [6.07, 6.45) is 1.59. The SMILES string of the molecule is CC[C@H](C)NC(=O)c1ccccc1NC(=O)C1CCN(S(=O)(=O)Cc2ccc(Cl)c(Cl)c2)CC1. The Kier molecular flexibility index (Phi) is 8.98. The van der Waals surface area contributed by atoms with E-state index in [0.717, 1.165) is 6.42 Å². The lowest BCUT2D eigenvalue weighted by Crippen LogP contribution is -2.42. The molecule has 1 saturated heterocycles. The molecule has 2 amide bonds. The molecule has 0 bridgehead atoms. The van der Waals surface area contributed by atoms with Crippen molar-refractivity contribution in [1.29, 1.82) is 0 Å². The molecule has 0 aromatic heterocycles. The van der Waals surface area contributed by atoms with Crippen LogP contribution in [0.3, 0.4) is 0 Å². The minimum Gasteiger partial charge on any atom is -0.350 e. The average Bonchev–Trinajstić information content (AvgIpc) is 2.81. The summed E-state index contributed by atoms with van der Waals surface area (Å²) in [5.41, 5.74) is 1.40. The van der Waals surface area contributed by atoms with Crippen molar-refractivity contribution >= 4 is 50.7 Å². The third kappa shape index (κ3) is 6.72. The molecule has 34 heavy (non-hydrogen) atoms. The second-order valence-corrected chi connectivity index (χ2v) is 11.3. The monoisotopic (exact) mass is 525 g/mol. The van der Waals surface area contributed by atoms with Crippen molar-refractivity contribution < 1.29 is 18.0 Å². The summed E-state index contributed by atoms with van der Waals surface area (Å²) in [4.78, 5) is 25.5. The number of nitrogens with one attached hydrogen (secondary N) is 2. The molecule has 1 fully saturated rings. The fourth-order valence-electron chi connectivity index (χ4n) is 3.76. The van der Waals surface area contributed by atoms with Crippen LogP contribution in [0.15, 0.2) is 42.5 Å². The highest BCUT2D eigenvalue weighted by atomic mass is 35.5. The highest BCUT2D eigenvalue weighted by molar-refractivity contribution is 7.88. The summed E-state index contributed by atoms with van der Waals surface area (Å²) in [7, 11) is -3.56. The van der Waals surface area contributed by atoms with Crippen LogP contribution in [0, 0.1) is 5.92 Å². The van der Waals surface area contributed by atoms with Gasteiger partial charge in [-0.2, -0.15) is 0 Å². The zero-order chi connectivity index (χ0) is 24.9. The van der Waals surface area contributed by atoms with Crippen LogP contribution in [0.4, 0.5) is 5.69 Å². The molecule has 1 aliphatic rings. The second-order valence-electron chi connectivity index (χ2n) is 8.50. The first kappa shape index (κ1) is 26.5. The molecule has 10 heteroatoms. The third-order valence-corrected chi connectivity index (χ3v) is 8.56. The summed E-state index contributed by atoms with van der Waals surface area (Å²) in [5, 5.41) is 6.45. The quantitative estimate of drug-likeness (QED) is 0.521. The van der Waals surface area contributed by atoms with Crippen LogP contribution >= 0.6 is 23.2 Å². The smallest absolute Gasteiger partial charge is 0.253 e. The van der Waals surface area contributed by atoms with E-state index in [9.17, 15) is 18.0 Å². The number of para-hydroxylation sites is 1. The van der Waals surface area contributed by atoms with Gasteiger partial charge in [0.05, 0.1) is 27.0 Å². The Morgan fingerprint density at radius 3 is 2.41 bits per heavy atom. The van der Waals surface area contributed by atoms with Crippen molar-refractivity contribution in [1.82, 2.24) is 9.62 Å². The van der Waals surface area contributed by atoms with Gasteiger partial charge < -0.3 is 10.6 Å². The van der Waals surface area contributed by atoms with E-state index in [-0.39, 0.29) is 42.6 Å². The summed E-state index contributed by atoms with van der Waals surface area (Å²) in [6.45, 7) is 4.40. The number of hydrogen-bond donors (Lipinski definition) is 2. The van der Waals surface area contributed by atoms with E-state index in [4.69, 9.17) is 23.2 Å². The predicted octanol–water partition coefficient (Wildman–Crippen LogP) is 4.70. The number of anilines is 1. The number of amides is 2. The zero-order valence-electron chi connectivity index (χ0n) is 19.2. The lowest BCUT2D eigenvalue weighted by Gasteiger charge is -2.30. The summed E-state index contributed by atoms with van der Waals surface area (Å²) >= 11 is 11.9. The van der Waals surface area contributed by atoms with Crippen LogP contribution in [-0.4, -0.2) is 43.7 Å². The molecule has 1 atom stereocenters. The van der Waals surface area contributed by atoms with E-state index in [2.05, 4.69) is 10.6 Å². The maximum absolute atomic E-state index is 12.9. The van der Waals surface area contributed by atoms with Crippen molar-refractivity contribution in [2.75, 3.05) is 18.4 Å². The molecule has 0 radical (unpaired) electrons.